The Hall–Kier alpha value is -2.52. The molecule has 0 amide bonds. The van der Waals surface area contributed by atoms with Crippen molar-refractivity contribution in [3.05, 3.63) is 36.2 Å². The Labute approximate surface area is 177 Å². The molecule has 3 aromatic rings. The monoisotopic (exact) mass is 429 g/mol. The Morgan fingerprint density at radius 1 is 1.33 bits per heavy atom. The molecule has 2 saturated heterocycles. The van der Waals surface area contributed by atoms with E-state index in [0.29, 0.717) is 22.2 Å². The maximum atomic E-state index is 15.0. The van der Waals surface area contributed by atoms with Gasteiger partial charge < -0.3 is 15.2 Å². The van der Waals surface area contributed by atoms with Crippen molar-refractivity contribution >= 4 is 11.3 Å². The van der Waals surface area contributed by atoms with Crippen LogP contribution in [-0.4, -0.2) is 49.9 Å². The largest absolute Gasteiger partial charge is 0.507 e. The van der Waals surface area contributed by atoms with Gasteiger partial charge in [0.25, 0.3) is 5.19 Å². The predicted molar refractivity (Wildman–Crippen MR) is 112 cm³/mol. The van der Waals surface area contributed by atoms with Gasteiger partial charge in [-0.25, -0.2) is 9.07 Å². The molecular weight excluding hydrogens is 405 g/mol. The van der Waals surface area contributed by atoms with Gasteiger partial charge in [0.05, 0.1) is 16.9 Å². The molecule has 7 nitrogen and oxygen atoms in total. The summed E-state index contributed by atoms with van der Waals surface area (Å²) in [6.45, 7) is 4.90. The molecule has 3 fully saturated rings. The highest BCUT2D eigenvalue weighted by Gasteiger charge is 2.46. The number of phenolic OH excluding ortho intramolecular Hbond substituents is 1. The highest BCUT2D eigenvalue weighted by Crippen LogP contribution is 2.42. The van der Waals surface area contributed by atoms with Crippen molar-refractivity contribution in [2.75, 3.05) is 6.54 Å². The summed E-state index contributed by atoms with van der Waals surface area (Å²) in [5, 5.41) is 27.3. The van der Waals surface area contributed by atoms with Gasteiger partial charge in [-0.2, -0.15) is 5.10 Å². The molecule has 1 aromatic carbocycles. The predicted octanol–water partition coefficient (Wildman–Crippen LogP) is 3.65. The minimum absolute atomic E-state index is 0.0362. The van der Waals surface area contributed by atoms with Crippen LogP contribution >= 0.6 is 11.3 Å². The molecule has 4 heterocycles. The van der Waals surface area contributed by atoms with Crippen LogP contribution < -0.4 is 10.1 Å². The van der Waals surface area contributed by atoms with Crippen LogP contribution in [0, 0.1) is 12.3 Å². The first kappa shape index (κ1) is 19.4. The Morgan fingerprint density at radius 3 is 2.90 bits per heavy atom. The molecule has 0 spiro atoms. The zero-order valence-corrected chi connectivity index (χ0v) is 17.7. The maximum Gasteiger partial charge on any atom is 0.294 e. The zero-order chi connectivity index (χ0) is 20.9. The van der Waals surface area contributed by atoms with Crippen molar-refractivity contribution in [3.63, 3.8) is 0 Å². The summed E-state index contributed by atoms with van der Waals surface area (Å²) in [4.78, 5) is 0. The summed E-state index contributed by atoms with van der Waals surface area (Å²) in [7, 11) is 0. The van der Waals surface area contributed by atoms with E-state index in [1.165, 1.54) is 11.3 Å². The number of aromatic nitrogens is 4. The van der Waals surface area contributed by atoms with E-state index in [2.05, 4.69) is 27.5 Å². The fourth-order valence-electron chi connectivity index (χ4n) is 4.38. The number of hydrogen-bond acceptors (Lipinski definition) is 7. The third kappa shape index (κ3) is 3.56. The van der Waals surface area contributed by atoms with Crippen LogP contribution in [0.3, 0.4) is 0 Å². The quantitative estimate of drug-likeness (QED) is 0.659. The van der Waals surface area contributed by atoms with Crippen LogP contribution in [0.4, 0.5) is 4.39 Å². The standard InChI is InChI=1S/C21H24FN5O2S/c1-12-6-8-27(26-12)13-3-4-14(16(28)9-13)19-24-25-20(30-19)29-17-10-21(2)7-5-15(18(17)22)23-11-21/h3-4,6,8-9,15,17-18,23,28H,5,7,10-11H2,1-2H3. The van der Waals surface area contributed by atoms with Gasteiger partial charge in [0.1, 0.15) is 11.9 Å². The number of ether oxygens (including phenoxy) is 1. The summed E-state index contributed by atoms with van der Waals surface area (Å²) in [6.07, 6.45) is 2.69. The average Bonchev–Trinajstić information content (AvgIpc) is 3.32. The topological polar surface area (TPSA) is 85.1 Å². The number of piperidine rings is 1. The molecule has 4 atom stereocenters. The Morgan fingerprint density at radius 2 is 2.20 bits per heavy atom. The first-order valence-corrected chi connectivity index (χ1v) is 11.0. The number of alkyl halides is 1. The van der Waals surface area contributed by atoms with Crippen molar-refractivity contribution in [1.82, 2.24) is 25.3 Å². The molecule has 1 aliphatic carbocycles. The molecular formula is C21H24FN5O2S. The molecule has 2 aromatic heterocycles. The van der Waals surface area contributed by atoms with Gasteiger partial charge in [-0.15, -0.1) is 5.10 Å². The molecule has 1 saturated carbocycles. The minimum Gasteiger partial charge on any atom is -0.507 e. The van der Waals surface area contributed by atoms with E-state index in [1.54, 1.807) is 16.8 Å². The van der Waals surface area contributed by atoms with Crippen LogP contribution in [0.5, 0.6) is 10.9 Å². The van der Waals surface area contributed by atoms with E-state index in [9.17, 15) is 9.50 Å². The van der Waals surface area contributed by atoms with Gasteiger partial charge in [0.2, 0.25) is 0 Å². The lowest BCUT2D eigenvalue weighted by Gasteiger charge is -2.33. The number of halogens is 1. The molecule has 6 rings (SSSR count). The van der Waals surface area contributed by atoms with Gasteiger partial charge in [-0.3, -0.25) is 0 Å². The van der Waals surface area contributed by atoms with Crippen molar-refractivity contribution in [2.24, 2.45) is 5.41 Å². The Bertz CT molecular complexity index is 1060. The number of phenols is 1. The van der Waals surface area contributed by atoms with Gasteiger partial charge in [-0.05, 0) is 49.8 Å². The minimum atomic E-state index is -1.08. The van der Waals surface area contributed by atoms with E-state index in [4.69, 9.17) is 4.74 Å². The summed E-state index contributed by atoms with van der Waals surface area (Å²) in [5.74, 6) is 0.0796. The van der Waals surface area contributed by atoms with Crippen LogP contribution in [-0.2, 0) is 0 Å². The van der Waals surface area contributed by atoms with Gasteiger partial charge in [-0.1, -0.05) is 23.4 Å². The van der Waals surface area contributed by atoms with E-state index in [-0.39, 0.29) is 17.2 Å². The lowest BCUT2D eigenvalue weighted by Crippen LogP contribution is -2.46. The second kappa shape index (κ2) is 7.31. The lowest BCUT2D eigenvalue weighted by atomic mass is 9.80. The molecule has 2 N–H and O–H groups in total. The second-order valence-corrected chi connectivity index (χ2v) is 9.56. The van der Waals surface area contributed by atoms with Crippen molar-refractivity contribution in [2.45, 2.75) is 51.4 Å². The number of nitrogens with zero attached hydrogens (tertiary/aromatic N) is 4. The molecule has 30 heavy (non-hydrogen) atoms. The molecule has 0 radical (unpaired) electrons. The summed E-state index contributed by atoms with van der Waals surface area (Å²) in [5.41, 5.74) is 2.24. The number of hydrogen-bond donors (Lipinski definition) is 2. The van der Waals surface area contributed by atoms with Crippen molar-refractivity contribution in [1.29, 1.82) is 0 Å². The normalized spacial score (nSPS) is 28.4. The second-order valence-electron chi connectivity index (χ2n) is 8.62. The summed E-state index contributed by atoms with van der Waals surface area (Å²) in [6, 6.07) is 7.00. The van der Waals surface area contributed by atoms with E-state index >= 15 is 0 Å². The van der Waals surface area contributed by atoms with Crippen molar-refractivity contribution < 1.29 is 14.2 Å². The lowest BCUT2D eigenvalue weighted by molar-refractivity contribution is 0.0741. The Balaban J connectivity index is 1.35. The van der Waals surface area contributed by atoms with E-state index in [1.807, 2.05) is 25.3 Å². The highest BCUT2D eigenvalue weighted by molar-refractivity contribution is 7.16. The summed E-state index contributed by atoms with van der Waals surface area (Å²) < 4.78 is 22.6. The molecule has 4 unspecified atom stereocenters. The SMILES string of the molecule is Cc1ccn(-c2ccc(-c3nnc(OC4CC5(C)CCC(NC5)C4F)s3)c(O)c2)n1. The van der Waals surface area contributed by atoms with Gasteiger partial charge in [0.15, 0.2) is 11.2 Å². The van der Waals surface area contributed by atoms with Crippen LogP contribution in [0.25, 0.3) is 16.3 Å². The number of nitrogens with one attached hydrogen (secondary N) is 1. The number of rotatable bonds is 4. The third-order valence-electron chi connectivity index (χ3n) is 6.14. The number of aromatic hydroxyl groups is 1. The van der Waals surface area contributed by atoms with Crippen LogP contribution in [0.2, 0.25) is 0 Å². The zero-order valence-electron chi connectivity index (χ0n) is 16.9. The Kier molecular flexibility index (Phi) is 4.74. The first-order valence-electron chi connectivity index (χ1n) is 10.1. The molecule has 3 aliphatic rings. The maximum absolute atomic E-state index is 15.0. The smallest absolute Gasteiger partial charge is 0.294 e. The van der Waals surface area contributed by atoms with Gasteiger partial charge in [0, 0.05) is 24.8 Å². The number of benzene rings is 1. The van der Waals surface area contributed by atoms with Gasteiger partial charge >= 0.3 is 0 Å². The average molecular weight is 430 g/mol. The third-order valence-corrected chi connectivity index (χ3v) is 6.99. The van der Waals surface area contributed by atoms with Crippen LogP contribution in [0.15, 0.2) is 30.5 Å². The number of fused-ring (bicyclic) bond motifs is 4. The molecule has 2 aliphatic heterocycles. The molecule has 2 bridgehead atoms. The molecule has 158 valence electrons. The van der Waals surface area contributed by atoms with Crippen LogP contribution in [0.1, 0.15) is 31.9 Å². The van der Waals surface area contributed by atoms with E-state index < -0.39 is 12.3 Å². The fourth-order valence-corrected chi connectivity index (χ4v) is 5.16. The number of aryl methyl sites for hydroxylation is 1. The summed E-state index contributed by atoms with van der Waals surface area (Å²) >= 11 is 1.22. The van der Waals surface area contributed by atoms with Crippen molar-refractivity contribution in [3.8, 4) is 27.2 Å². The fraction of sp³-hybridized carbons (Fsp3) is 0.476. The highest BCUT2D eigenvalue weighted by atomic mass is 32.1. The van der Waals surface area contributed by atoms with E-state index in [0.717, 1.165) is 30.8 Å². The molecule has 9 heteroatoms. The first-order chi connectivity index (χ1) is 14.4.